The fourth-order valence-electron chi connectivity index (χ4n) is 2.97. The molecule has 162 valence electrons. The Hall–Kier alpha value is -3.56. The molecule has 0 atom stereocenters. The average Bonchev–Trinajstić information content (AvgIpc) is 3.15. The molecule has 2 aromatic carbocycles. The molecule has 1 aromatic heterocycles. The molecule has 0 radical (unpaired) electrons. The van der Waals surface area contributed by atoms with Gasteiger partial charge in [-0.3, -0.25) is 14.5 Å². The summed E-state index contributed by atoms with van der Waals surface area (Å²) in [5.74, 6) is -0.671. The van der Waals surface area contributed by atoms with Gasteiger partial charge in [0.15, 0.2) is 0 Å². The minimum Gasteiger partial charge on any atom is -0.278 e. The zero-order valence-electron chi connectivity index (χ0n) is 16.1. The van der Waals surface area contributed by atoms with Gasteiger partial charge in [0.2, 0.25) is 6.41 Å². The number of imide groups is 1. The Morgan fingerprint density at radius 3 is 2.32 bits per heavy atom. The maximum absolute atomic E-state index is 13.5. The highest BCUT2D eigenvalue weighted by atomic mass is 19.4. The average molecular weight is 437 g/mol. The molecular weight excluding hydrogens is 421 g/mol. The molecule has 0 aliphatic heterocycles. The van der Waals surface area contributed by atoms with Crippen molar-refractivity contribution in [3.8, 4) is 5.69 Å². The molecule has 0 spiro atoms. The molecular formula is C21H16F5N3O2. The van der Waals surface area contributed by atoms with Crippen molar-refractivity contribution in [2.24, 2.45) is 0 Å². The maximum atomic E-state index is 13.5. The molecule has 0 saturated carbocycles. The Balaban J connectivity index is 1.92. The van der Waals surface area contributed by atoms with Gasteiger partial charge in [0.1, 0.15) is 5.69 Å². The molecule has 5 nitrogen and oxygen atoms in total. The fraction of sp³-hybridized carbons (Fsp3) is 0.190. The van der Waals surface area contributed by atoms with Gasteiger partial charge in [-0.15, -0.1) is 0 Å². The van der Waals surface area contributed by atoms with Gasteiger partial charge in [-0.05, 0) is 42.8 Å². The van der Waals surface area contributed by atoms with Crippen LogP contribution in [0.25, 0.3) is 5.69 Å². The minimum atomic E-state index is -4.54. The minimum absolute atomic E-state index is 0.107. The molecule has 2 amide bonds. The van der Waals surface area contributed by atoms with E-state index in [1.54, 1.807) is 25.1 Å². The first-order chi connectivity index (χ1) is 14.6. The highest BCUT2D eigenvalue weighted by Gasteiger charge is 2.30. The predicted octanol–water partition coefficient (Wildman–Crippen LogP) is 4.94. The van der Waals surface area contributed by atoms with Crippen molar-refractivity contribution < 1.29 is 31.5 Å². The molecule has 0 bridgehead atoms. The van der Waals surface area contributed by atoms with E-state index in [9.17, 15) is 31.5 Å². The number of benzene rings is 2. The summed E-state index contributed by atoms with van der Waals surface area (Å²) in [5.41, 5.74) is -0.719. The van der Waals surface area contributed by atoms with Gasteiger partial charge in [-0.25, -0.2) is 13.5 Å². The molecule has 0 aliphatic rings. The Morgan fingerprint density at radius 2 is 1.77 bits per heavy atom. The second-order valence-electron chi connectivity index (χ2n) is 6.68. The molecule has 0 fully saturated rings. The number of hydrogen-bond acceptors (Lipinski definition) is 3. The molecule has 0 N–H and O–H groups in total. The third kappa shape index (κ3) is 4.79. The van der Waals surface area contributed by atoms with Crippen molar-refractivity contribution in [3.63, 3.8) is 0 Å². The Bertz CT molecular complexity index is 1090. The summed E-state index contributed by atoms with van der Waals surface area (Å²) in [6, 6.07) is 10.3. The van der Waals surface area contributed by atoms with Gasteiger partial charge in [0.25, 0.3) is 12.3 Å². The lowest BCUT2D eigenvalue weighted by molar-refractivity contribution is -0.137. The summed E-state index contributed by atoms with van der Waals surface area (Å²) in [7, 11) is 0. The molecule has 31 heavy (non-hydrogen) atoms. The summed E-state index contributed by atoms with van der Waals surface area (Å²) in [6.07, 6.45) is -6.17. The van der Waals surface area contributed by atoms with E-state index in [2.05, 4.69) is 5.10 Å². The molecule has 0 saturated heterocycles. The van der Waals surface area contributed by atoms with Crippen molar-refractivity contribution >= 4 is 12.3 Å². The van der Waals surface area contributed by atoms with Gasteiger partial charge in [0, 0.05) is 17.3 Å². The first-order valence-electron chi connectivity index (χ1n) is 8.98. The molecule has 10 heteroatoms. The van der Waals surface area contributed by atoms with Gasteiger partial charge < -0.3 is 0 Å². The van der Waals surface area contributed by atoms with Crippen molar-refractivity contribution in [3.05, 3.63) is 82.7 Å². The van der Waals surface area contributed by atoms with Crippen LogP contribution in [0.4, 0.5) is 22.0 Å². The number of aryl methyl sites for hydroxylation is 1. The first kappa shape index (κ1) is 22.1. The highest BCUT2D eigenvalue weighted by Crippen LogP contribution is 2.30. The molecule has 0 aliphatic carbocycles. The topological polar surface area (TPSA) is 55.2 Å². The van der Waals surface area contributed by atoms with Crippen LogP contribution < -0.4 is 0 Å². The van der Waals surface area contributed by atoms with E-state index < -0.39 is 36.3 Å². The van der Waals surface area contributed by atoms with Crippen LogP contribution >= 0.6 is 0 Å². The van der Waals surface area contributed by atoms with E-state index in [4.69, 9.17) is 0 Å². The summed E-state index contributed by atoms with van der Waals surface area (Å²) in [6.45, 7) is 1.19. The standard InChI is InChI=1S/C21H16F5N3O2/c1-13-4-2-3-5-17(13)20(31)28(12-30)10-14-11-29(27-18(14)19(22)23)16-8-6-15(7-9-16)21(24,25)26/h2-9,11-12,19H,10H2,1H3. The predicted molar refractivity (Wildman–Crippen MR) is 101 cm³/mol. The lowest BCUT2D eigenvalue weighted by Crippen LogP contribution is -2.30. The van der Waals surface area contributed by atoms with E-state index >= 15 is 0 Å². The van der Waals surface area contributed by atoms with Crippen LogP contribution in [0.1, 0.15) is 39.2 Å². The van der Waals surface area contributed by atoms with Gasteiger partial charge >= 0.3 is 6.18 Å². The van der Waals surface area contributed by atoms with E-state index in [0.717, 1.165) is 40.0 Å². The van der Waals surface area contributed by atoms with Crippen LogP contribution in [0.15, 0.2) is 54.7 Å². The van der Waals surface area contributed by atoms with Crippen molar-refractivity contribution in [2.75, 3.05) is 0 Å². The monoisotopic (exact) mass is 437 g/mol. The molecule has 0 unspecified atom stereocenters. The van der Waals surface area contributed by atoms with Gasteiger partial charge in [-0.2, -0.15) is 18.3 Å². The maximum Gasteiger partial charge on any atom is 0.416 e. The zero-order valence-corrected chi connectivity index (χ0v) is 16.1. The SMILES string of the molecule is Cc1ccccc1C(=O)N(C=O)Cc1cn(-c2ccc(C(F)(F)F)cc2)nc1C(F)F. The fourth-order valence-corrected chi connectivity index (χ4v) is 2.97. The molecule has 3 rings (SSSR count). The second-order valence-corrected chi connectivity index (χ2v) is 6.68. The first-order valence-corrected chi connectivity index (χ1v) is 8.98. The Morgan fingerprint density at radius 1 is 1.13 bits per heavy atom. The van der Waals surface area contributed by atoms with Gasteiger partial charge in [-0.1, -0.05) is 18.2 Å². The van der Waals surface area contributed by atoms with E-state index in [0.29, 0.717) is 5.56 Å². The summed E-state index contributed by atoms with van der Waals surface area (Å²) < 4.78 is 66.2. The number of alkyl halides is 5. The van der Waals surface area contributed by atoms with Crippen molar-refractivity contribution in [1.29, 1.82) is 0 Å². The Kier molecular flexibility index (Phi) is 6.19. The normalized spacial score (nSPS) is 11.6. The third-order valence-corrected chi connectivity index (χ3v) is 4.59. The summed E-state index contributed by atoms with van der Waals surface area (Å²) in [5, 5.41) is 3.74. The van der Waals surface area contributed by atoms with Crippen LogP contribution in [-0.4, -0.2) is 27.0 Å². The van der Waals surface area contributed by atoms with Crippen LogP contribution in [0.5, 0.6) is 0 Å². The van der Waals surface area contributed by atoms with E-state index in [1.165, 1.54) is 6.07 Å². The molecule has 3 aromatic rings. The van der Waals surface area contributed by atoms with Gasteiger partial charge in [0.05, 0.1) is 17.8 Å². The lowest BCUT2D eigenvalue weighted by Gasteiger charge is -2.16. The van der Waals surface area contributed by atoms with Crippen molar-refractivity contribution in [2.45, 2.75) is 26.1 Å². The highest BCUT2D eigenvalue weighted by molar-refractivity contribution is 6.00. The third-order valence-electron chi connectivity index (χ3n) is 4.59. The van der Waals surface area contributed by atoms with Crippen LogP contribution in [-0.2, 0) is 17.5 Å². The Labute approximate surface area is 173 Å². The number of aromatic nitrogens is 2. The van der Waals surface area contributed by atoms with Crippen LogP contribution in [0.2, 0.25) is 0 Å². The van der Waals surface area contributed by atoms with E-state index in [-0.39, 0.29) is 23.2 Å². The van der Waals surface area contributed by atoms with Crippen molar-refractivity contribution in [1.82, 2.24) is 14.7 Å². The van der Waals surface area contributed by atoms with Crippen LogP contribution in [0, 0.1) is 6.92 Å². The number of carbonyl (C=O) groups excluding carboxylic acids is 2. The number of halogens is 5. The largest absolute Gasteiger partial charge is 0.416 e. The number of amides is 2. The van der Waals surface area contributed by atoms with E-state index in [1.807, 2.05) is 0 Å². The lowest BCUT2D eigenvalue weighted by atomic mass is 10.1. The summed E-state index contributed by atoms with van der Waals surface area (Å²) >= 11 is 0. The number of hydrogen-bond donors (Lipinski definition) is 0. The van der Waals surface area contributed by atoms with Crippen LogP contribution in [0.3, 0.4) is 0 Å². The second kappa shape index (κ2) is 8.66. The summed E-state index contributed by atoms with van der Waals surface area (Å²) in [4.78, 5) is 24.9. The number of carbonyl (C=O) groups is 2. The quantitative estimate of drug-likeness (QED) is 0.406. The number of rotatable bonds is 6. The number of nitrogens with zero attached hydrogens (tertiary/aromatic N) is 3. The molecule has 1 heterocycles. The zero-order chi connectivity index (χ0) is 22.8. The smallest absolute Gasteiger partial charge is 0.278 e.